The Hall–Kier alpha value is -2.44. The summed E-state index contributed by atoms with van der Waals surface area (Å²) in [5, 5.41) is 21.5. The van der Waals surface area contributed by atoms with Gasteiger partial charge in [0.15, 0.2) is 13.1 Å². The normalized spacial score (nSPS) is 10.5. The molecular weight excluding hydrogens is 554 g/mol. The minimum absolute atomic E-state index is 0. The molecule has 10 nitrogen and oxygen atoms in total. The van der Waals surface area contributed by atoms with Crippen molar-refractivity contribution < 1.29 is 37.0 Å². The molecule has 0 unspecified atom stereocenters. The maximum Gasteiger partial charge on any atom is 0.292 e. The van der Waals surface area contributed by atoms with Gasteiger partial charge < -0.3 is 23.9 Å². The standard InChI is InChI=1S/C19H17Cl4N6O4.ClH/c20-12-3-10(4-13(21)18(12)24)28(32)16(30)7-26-1-2-27(9-26)8-17(31)29(33)11-5-14(22)19(25)15(23)6-11;/h1-6,9,32-33H,7-8,24-25H2;1H/q+1;/p-1. The summed E-state index contributed by atoms with van der Waals surface area (Å²) >= 11 is 23.7. The van der Waals surface area contributed by atoms with Crippen molar-refractivity contribution in [2.75, 3.05) is 21.6 Å². The van der Waals surface area contributed by atoms with Gasteiger partial charge in [0.2, 0.25) is 6.33 Å². The van der Waals surface area contributed by atoms with Crippen LogP contribution in [0.25, 0.3) is 0 Å². The lowest BCUT2D eigenvalue weighted by molar-refractivity contribution is -0.683. The van der Waals surface area contributed by atoms with Gasteiger partial charge in [0, 0.05) is 0 Å². The molecule has 0 aliphatic rings. The van der Waals surface area contributed by atoms with Gasteiger partial charge in [-0.1, -0.05) is 46.4 Å². The predicted octanol–water partition coefficient (Wildman–Crippen LogP) is 0.402. The molecule has 1 aromatic heterocycles. The van der Waals surface area contributed by atoms with Crippen molar-refractivity contribution in [1.82, 2.24) is 4.57 Å². The number of benzene rings is 2. The highest BCUT2D eigenvalue weighted by atomic mass is 35.5. The second-order valence-corrected chi connectivity index (χ2v) is 8.44. The van der Waals surface area contributed by atoms with E-state index in [1.165, 1.54) is 52.1 Å². The summed E-state index contributed by atoms with van der Waals surface area (Å²) in [5.74, 6) is -1.42. The minimum atomic E-state index is -0.712. The smallest absolute Gasteiger partial charge is 0.292 e. The van der Waals surface area contributed by atoms with Gasteiger partial charge in [0.1, 0.15) is 12.4 Å². The number of nitrogen functional groups attached to an aromatic ring is 2. The molecule has 182 valence electrons. The summed E-state index contributed by atoms with van der Waals surface area (Å²) in [6.45, 7) is -0.549. The Labute approximate surface area is 219 Å². The molecule has 0 fully saturated rings. The van der Waals surface area contributed by atoms with Crippen molar-refractivity contribution in [3.63, 3.8) is 0 Å². The molecule has 0 aliphatic carbocycles. The van der Waals surface area contributed by atoms with Crippen molar-refractivity contribution in [2.24, 2.45) is 0 Å². The van der Waals surface area contributed by atoms with Crippen molar-refractivity contribution in [1.29, 1.82) is 0 Å². The monoisotopic (exact) mass is 568 g/mol. The van der Waals surface area contributed by atoms with Crippen LogP contribution in [-0.4, -0.2) is 26.8 Å². The van der Waals surface area contributed by atoms with E-state index in [1.54, 1.807) is 0 Å². The van der Waals surface area contributed by atoms with Gasteiger partial charge in [-0.05, 0) is 24.3 Å². The van der Waals surface area contributed by atoms with Crippen LogP contribution in [0, 0.1) is 0 Å². The molecule has 0 saturated heterocycles. The Bertz CT molecular complexity index is 1100. The van der Waals surface area contributed by atoms with Gasteiger partial charge >= 0.3 is 0 Å². The van der Waals surface area contributed by atoms with E-state index in [1.807, 2.05) is 0 Å². The first-order chi connectivity index (χ1) is 15.5. The van der Waals surface area contributed by atoms with Crippen LogP contribution in [0.1, 0.15) is 0 Å². The number of nitrogens with two attached hydrogens (primary N) is 2. The quantitative estimate of drug-likeness (QED) is 0.146. The first kappa shape index (κ1) is 27.8. The number of halogens is 5. The van der Waals surface area contributed by atoms with Crippen molar-refractivity contribution in [3.8, 4) is 0 Å². The molecule has 34 heavy (non-hydrogen) atoms. The predicted molar refractivity (Wildman–Crippen MR) is 125 cm³/mol. The largest absolute Gasteiger partial charge is 1.00 e. The van der Waals surface area contributed by atoms with E-state index in [2.05, 4.69) is 0 Å². The SMILES string of the molecule is Nc1c(Cl)cc(N(O)C(=O)Cn2cc[n+](CC(=O)N(O)c3cc(Cl)c(N)c(Cl)c3)c2)cc1Cl.[Cl-]. The molecule has 0 saturated carbocycles. The second kappa shape index (κ2) is 11.3. The van der Waals surface area contributed by atoms with Crippen LogP contribution in [0.2, 0.25) is 20.1 Å². The summed E-state index contributed by atoms with van der Waals surface area (Å²) in [7, 11) is 0. The van der Waals surface area contributed by atoms with Gasteiger partial charge in [-0.25, -0.2) is 9.13 Å². The van der Waals surface area contributed by atoms with Crippen LogP contribution in [-0.2, 0) is 22.7 Å². The maximum absolute atomic E-state index is 12.4. The molecule has 2 amide bonds. The first-order valence-electron chi connectivity index (χ1n) is 9.05. The zero-order chi connectivity index (χ0) is 24.4. The molecule has 3 aromatic rings. The Kier molecular flexibility index (Phi) is 9.26. The lowest BCUT2D eigenvalue weighted by atomic mass is 10.2. The number of carbonyl (C=O) groups is 2. The van der Waals surface area contributed by atoms with E-state index in [-0.39, 0.29) is 68.3 Å². The van der Waals surface area contributed by atoms with Crippen LogP contribution in [0.4, 0.5) is 22.7 Å². The number of hydroxylamine groups is 2. The second-order valence-electron chi connectivity index (χ2n) is 6.82. The Morgan fingerprint density at radius 1 is 0.853 bits per heavy atom. The first-order valence-corrected chi connectivity index (χ1v) is 10.6. The molecule has 2 aromatic carbocycles. The van der Waals surface area contributed by atoms with Crippen molar-refractivity contribution in [2.45, 2.75) is 13.1 Å². The minimum Gasteiger partial charge on any atom is -1.00 e. The fourth-order valence-corrected chi connectivity index (χ4v) is 3.70. The molecule has 6 N–H and O–H groups in total. The fraction of sp³-hybridized carbons (Fsp3) is 0.105. The number of hydrogen-bond acceptors (Lipinski definition) is 6. The molecule has 0 aliphatic heterocycles. The lowest BCUT2D eigenvalue weighted by Crippen LogP contribution is -3.00. The molecule has 0 bridgehead atoms. The maximum atomic E-state index is 12.4. The number of imidazole rings is 1. The average Bonchev–Trinajstić information content (AvgIpc) is 3.20. The zero-order valence-corrected chi connectivity index (χ0v) is 20.8. The zero-order valence-electron chi connectivity index (χ0n) is 17.0. The molecule has 15 heteroatoms. The van der Waals surface area contributed by atoms with Crippen LogP contribution in [0.15, 0.2) is 43.0 Å². The summed E-state index contributed by atoms with van der Waals surface area (Å²) in [6, 6.07) is 5.17. The van der Waals surface area contributed by atoms with Crippen LogP contribution in [0.3, 0.4) is 0 Å². The van der Waals surface area contributed by atoms with Gasteiger partial charge in [-0.3, -0.25) is 20.0 Å². The number of amides is 2. The molecular formula is C19H17Cl5N6O4. The van der Waals surface area contributed by atoms with E-state index < -0.39 is 11.8 Å². The van der Waals surface area contributed by atoms with Crippen molar-refractivity contribution >= 4 is 81.0 Å². The van der Waals surface area contributed by atoms with E-state index in [9.17, 15) is 20.0 Å². The van der Waals surface area contributed by atoms with Crippen LogP contribution in [0.5, 0.6) is 0 Å². The fourth-order valence-electron chi connectivity index (χ4n) is 2.75. The number of carbonyl (C=O) groups excluding carboxylic acids is 2. The van der Waals surface area contributed by atoms with Gasteiger partial charge in [0.05, 0.1) is 42.8 Å². The molecule has 0 radical (unpaired) electrons. The number of rotatable bonds is 6. The van der Waals surface area contributed by atoms with Crippen LogP contribution >= 0.6 is 46.4 Å². The summed E-state index contributed by atoms with van der Waals surface area (Å²) in [5.41, 5.74) is 11.6. The third-order valence-corrected chi connectivity index (χ3v) is 5.72. The number of aromatic nitrogens is 2. The lowest BCUT2D eigenvalue weighted by Gasteiger charge is -2.16. The van der Waals surface area contributed by atoms with E-state index in [0.717, 1.165) is 0 Å². The van der Waals surface area contributed by atoms with Gasteiger partial charge in [-0.2, -0.15) is 10.1 Å². The summed E-state index contributed by atoms with van der Waals surface area (Å²) < 4.78 is 2.83. The Balaban J connectivity index is 0.00000408. The topological polar surface area (TPSA) is 142 Å². The van der Waals surface area contributed by atoms with E-state index in [4.69, 9.17) is 57.9 Å². The molecule has 1 heterocycles. The van der Waals surface area contributed by atoms with Crippen molar-refractivity contribution in [3.05, 3.63) is 63.1 Å². The Morgan fingerprint density at radius 3 is 1.71 bits per heavy atom. The van der Waals surface area contributed by atoms with Crippen LogP contribution < -0.4 is 38.6 Å². The van der Waals surface area contributed by atoms with E-state index in [0.29, 0.717) is 10.1 Å². The number of anilines is 4. The summed E-state index contributed by atoms with van der Waals surface area (Å²) in [4.78, 5) is 24.8. The highest BCUT2D eigenvalue weighted by Gasteiger charge is 2.22. The summed E-state index contributed by atoms with van der Waals surface area (Å²) in [6.07, 6.45) is 4.44. The highest BCUT2D eigenvalue weighted by Crippen LogP contribution is 2.33. The highest BCUT2D eigenvalue weighted by molar-refractivity contribution is 6.40. The molecule has 3 rings (SSSR count). The molecule has 0 atom stereocenters. The van der Waals surface area contributed by atoms with E-state index >= 15 is 0 Å². The molecule has 0 spiro atoms. The number of nitrogens with zero attached hydrogens (tertiary/aromatic N) is 4. The van der Waals surface area contributed by atoms with Gasteiger partial charge in [-0.15, -0.1) is 0 Å². The third-order valence-electron chi connectivity index (χ3n) is 4.47. The Morgan fingerprint density at radius 2 is 1.26 bits per heavy atom. The average molecular weight is 571 g/mol. The number of hydrogen-bond donors (Lipinski definition) is 4. The van der Waals surface area contributed by atoms with Gasteiger partial charge in [0.25, 0.3) is 11.8 Å². The third kappa shape index (κ3) is 6.16.